The third-order valence-electron chi connectivity index (χ3n) is 1.82. The van der Waals surface area contributed by atoms with Crippen molar-refractivity contribution in [3.63, 3.8) is 0 Å². The summed E-state index contributed by atoms with van der Waals surface area (Å²) in [6.07, 6.45) is 8.65. The monoisotopic (exact) mass is 154 g/mol. The predicted molar refractivity (Wildman–Crippen MR) is 48.2 cm³/mol. The quantitative estimate of drug-likeness (QED) is 0.523. The molecule has 10 heavy (non-hydrogen) atoms. The molecule has 1 unspecified atom stereocenters. The average Bonchev–Trinajstić information content (AvgIpc) is 1.87. The van der Waals surface area contributed by atoms with Gasteiger partial charge in [0.2, 0.25) is 0 Å². The fraction of sp³-hybridized carbons (Fsp3) is 0.778. The van der Waals surface area contributed by atoms with Crippen LogP contribution in [-0.4, -0.2) is 11.5 Å². The molecule has 56 valence electrons. The van der Waals surface area contributed by atoms with Crippen molar-refractivity contribution in [2.75, 3.05) is 6.26 Å². The summed E-state index contributed by atoms with van der Waals surface area (Å²) in [5, 5.41) is 0.625. The highest BCUT2D eigenvalue weighted by Gasteiger charge is 2.03. The molecule has 1 rings (SSSR count). The number of hydrogen-bond acceptors (Lipinski definition) is 1. The topological polar surface area (TPSA) is 0 Å². The van der Waals surface area contributed by atoms with Crippen LogP contribution >= 0.6 is 11.8 Å². The van der Waals surface area contributed by atoms with Gasteiger partial charge in [-0.15, -0.1) is 17.7 Å². The van der Waals surface area contributed by atoms with E-state index in [9.17, 15) is 0 Å². The van der Waals surface area contributed by atoms with Gasteiger partial charge in [-0.2, -0.15) is 0 Å². The van der Waals surface area contributed by atoms with Gasteiger partial charge in [-0.3, -0.25) is 0 Å². The molecule has 0 aromatic heterocycles. The van der Waals surface area contributed by atoms with E-state index in [1.54, 1.807) is 0 Å². The van der Waals surface area contributed by atoms with E-state index in [4.69, 9.17) is 0 Å². The Balaban J connectivity index is 2.39. The third kappa shape index (κ3) is 2.66. The molecule has 0 N–H and O–H groups in total. The first-order valence-electron chi connectivity index (χ1n) is 3.94. The van der Waals surface area contributed by atoms with E-state index in [1.807, 2.05) is 11.8 Å². The molecule has 0 aromatic rings. The Bertz CT molecular complexity index is 141. The highest BCUT2D eigenvalue weighted by atomic mass is 32.2. The van der Waals surface area contributed by atoms with Crippen molar-refractivity contribution in [2.24, 2.45) is 0 Å². The van der Waals surface area contributed by atoms with E-state index < -0.39 is 0 Å². The lowest BCUT2D eigenvalue weighted by atomic mass is 10.1. The van der Waals surface area contributed by atoms with Crippen LogP contribution < -0.4 is 0 Å². The SMILES string of the molecule is CSC1C#CCCCCC1. The second kappa shape index (κ2) is 4.68. The minimum absolute atomic E-state index is 0.625. The van der Waals surface area contributed by atoms with Crippen LogP contribution in [-0.2, 0) is 0 Å². The molecule has 0 saturated carbocycles. The van der Waals surface area contributed by atoms with Gasteiger partial charge >= 0.3 is 0 Å². The minimum atomic E-state index is 0.625. The summed E-state index contributed by atoms with van der Waals surface area (Å²) in [5.41, 5.74) is 0. The Morgan fingerprint density at radius 2 is 2.20 bits per heavy atom. The van der Waals surface area contributed by atoms with Crippen molar-refractivity contribution >= 4 is 11.8 Å². The predicted octanol–water partition coefficient (Wildman–Crippen LogP) is 2.69. The molecule has 1 aliphatic rings. The molecule has 0 fully saturated rings. The van der Waals surface area contributed by atoms with Crippen LogP contribution in [0.5, 0.6) is 0 Å². The highest BCUT2D eigenvalue weighted by Crippen LogP contribution is 2.16. The lowest BCUT2D eigenvalue weighted by molar-refractivity contribution is 0.658. The lowest BCUT2D eigenvalue weighted by Crippen LogP contribution is -1.99. The van der Waals surface area contributed by atoms with Gasteiger partial charge in [0, 0.05) is 6.42 Å². The summed E-state index contributed by atoms with van der Waals surface area (Å²) in [6, 6.07) is 0. The van der Waals surface area contributed by atoms with Gasteiger partial charge < -0.3 is 0 Å². The molecule has 0 nitrogen and oxygen atoms in total. The summed E-state index contributed by atoms with van der Waals surface area (Å²) in [4.78, 5) is 0. The van der Waals surface area contributed by atoms with Gasteiger partial charge in [0.1, 0.15) is 0 Å². The van der Waals surface area contributed by atoms with Gasteiger partial charge in [0.25, 0.3) is 0 Å². The number of rotatable bonds is 1. The van der Waals surface area contributed by atoms with Crippen LogP contribution in [0.1, 0.15) is 32.1 Å². The molecule has 0 aromatic carbocycles. The maximum absolute atomic E-state index is 3.28. The van der Waals surface area contributed by atoms with E-state index in [0.717, 1.165) is 6.42 Å². The Labute approximate surface area is 67.8 Å². The van der Waals surface area contributed by atoms with E-state index >= 15 is 0 Å². The molecular formula is C9H14S. The fourth-order valence-corrected chi connectivity index (χ4v) is 1.76. The van der Waals surface area contributed by atoms with E-state index in [-0.39, 0.29) is 0 Å². The first kappa shape index (κ1) is 8.01. The lowest BCUT2D eigenvalue weighted by Gasteiger charge is -2.08. The molecule has 0 aliphatic heterocycles. The molecule has 1 aliphatic carbocycles. The minimum Gasteiger partial charge on any atom is -0.149 e. The van der Waals surface area contributed by atoms with Crippen LogP contribution in [0.4, 0.5) is 0 Å². The van der Waals surface area contributed by atoms with Crippen LogP contribution in [0, 0.1) is 11.8 Å². The smallest absolute Gasteiger partial charge is 0.0654 e. The number of thioether (sulfide) groups is 1. The first-order chi connectivity index (χ1) is 4.93. The average molecular weight is 154 g/mol. The summed E-state index contributed by atoms with van der Waals surface area (Å²) in [6.45, 7) is 0. The number of hydrogen-bond donors (Lipinski definition) is 0. The van der Waals surface area contributed by atoms with Crippen molar-refractivity contribution in [1.29, 1.82) is 0 Å². The maximum Gasteiger partial charge on any atom is 0.0654 e. The van der Waals surface area contributed by atoms with Crippen molar-refractivity contribution in [3.05, 3.63) is 0 Å². The molecule has 0 bridgehead atoms. The Morgan fingerprint density at radius 3 is 3.00 bits per heavy atom. The van der Waals surface area contributed by atoms with Crippen LogP contribution in [0.2, 0.25) is 0 Å². The van der Waals surface area contributed by atoms with Crippen LogP contribution in [0.15, 0.2) is 0 Å². The molecular weight excluding hydrogens is 140 g/mol. The second-order valence-corrected chi connectivity index (χ2v) is 3.69. The zero-order chi connectivity index (χ0) is 7.23. The Kier molecular flexibility index (Phi) is 3.75. The summed E-state index contributed by atoms with van der Waals surface area (Å²) in [5.74, 6) is 6.50. The van der Waals surface area contributed by atoms with E-state index in [1.165, 1.54) is 25.7 Å². The van der Waals surface area contributed by atoms with Crippen molar-refractivity contribution in [3.8, 4) is 11.8 Å². The highest BCUT2D eigenvalue weighted by molar-refractivity contribution is 7.99. The van der Waals surface area contributed by atoms with E-state index in [0.29, 0.717) is 5.25 Å². The molecule has 0 spiro atoms. The van der Waals surface area contributed by atoms with Crippen LogP contribution in [0.25, 0.3) is 0 Å². The van der Waals surface area contributed by atoms with Gasteiger partial charge in [-0.1, -0.05) is 18.8 Å². The van der Waals surface area contributed by atoms with E-state index in [2.05, 4.69) is 18.1 Å². The second-order valence-electron chi connectivity index (χ2n) is 2.64. The fourth-order valence-electron chi connectivity index (χ4n) is 1.15. The molecule has 0 heterocycles. The zero-order valence-electron chi connectivity index (χ0n) is 6.52. The van der Waals surface area contributed by atoms with Crippen LogP contribution in [0.3, 0.4) is 0 Å². The molecule has 1 heteroatoms. The Hall–Kier alpha value is -0.0900. The summed E-state index contributed by atoms with van der Waals surface area (Å²) >= 11 is 1.89. The summed E-state index contributed by atoms with van der Waals surface area (Å²) in [7, 11) is 0. The zero-order valence-corrected chi connectivity index (χ0v) is 7.34. The molecule has 0 amide bonds. The van der Waals surface area contributed by atoms with Crippen molar-refractivity contribution < 1.29 is 0 Å². The molecule has 0 radical (unpaired) electrons. The van der Waals surface area contributed by atoms with Gasteiger partial charge in [-0.05, 0) is 19.1 Å². The van der Waals surface area contributed by atoms with Gasteiger partial charge in [0.15, 0.2) is 0 Å². The van der Waals surface area contributed by atoms with Crippen molar-refractivity contribution in [1.82, 2.24) is 0 Å². The van der Waals surface area contributed by atoms with Gasteiger partial charge in [-0.25, -0.2) is 0 Å². The van der Waals surface area contributed by atoms with Gasteiger partial charge in [0.05, 0.1) is 5.25 Å². The first-order valence-corrected chi connectivity index (χ1v) is 5.23. The standard InChI is InChI=1S/C9H14S/c1-10-9-7-5-3-2-4-6-8-9/h9H,2-5,7H2,1H3. The third-order valence-corrected chi connectivity index (χ3v) is 2.74. The molecule has 0 saturated heterocycles. The normalized spacial score (nSPS) is 25.9. The van der Waals surface area contributed by atoms with Crippen molar-refractivity contribution in [2.45, 2.75) is 37.4 Å². The summed E-state index contributed by atoms with van der Waals surface area (Å²) < 4.78 is 0. The Morgan fingerprint density at radius 1 is 1.30 bits per heavy atom. The molecule has 1 atom stereocenters. The maximum atomic E-state index is 3.28. The largest absolute Gasteiger partial charge is 0.149 e.